The molecule has 1 aliphatic rings. The van der Waals surface area contributed by atoms with Gasteiger partial charge in [0.15, 0.2) is 0 Å². The molecule has 1 amide bonds. The first kappa shape index (κ1) is 16.5. The van der Waals surface area contributed by atoms with Gasteiger partial charge in [0.2, 0.25) is 0 Å². The average molecular weight is 323 g/mol. The highest BCUT2D eigenvalue weighted by Gasteiger charge is 2.16. The number of aryl methyl sites for hydroxylation is 1. The van der Waals surface area contributed by atoms with E-state index in [0.29, 0.717) is 5.56 Å². The maximum atomic E-state index is 12.6. The number of rotatable bonds is 3. The molecule has 1 aromatic heterocycles. The zero-order valence-corrected chi connectivity index (χ0v) is 14.5. The van der Waals surface area contributed by atoms with Gasteiger partial charge in [-0.2, -0.15) is 5.10 Å². The van der Waals surface area contributed by atoms with Crippen molar-refractivity contribution in [1.29, 1.82) is 0 Å². The van der Waals surface area contributed by atoms with Crippen molar-refractivity contribution in [1.82, 2.24) is 9.99 Å². The first-order valence-corrected chi connectivity index (χ1v) is 8.77. The first-order chi connectivity index (χ1) is 11.7. The van der Waals surface area contributed by atoms with E-state index in [0.717, 1.165) is 35.6 Å². The molecule has 1 N–H and O–H groups in total. The Morgan fingerprint density at radius 2 is 1.71 bits per heavy atom. The van der Waals surface area contributed by atoms with Crippen molar-refractivity contribution in [3.8, 4) is 5.69 Å². The number of hydrazone groups is 1. The van der Waals surface area contributed by atoms with Crippen molar-refractivity contribution in [2.24, 2.45) is 5.10 Å². The molecule has 1 heterocycles. The Labute approximate surface area is 143 Å². The molecule has 0 saturated heterocycles. The van der Waals surface area contributed by atoms with Gasteiger partial charge in [-0.05, 0) is 57.7 Å². The van der Waals surface area contributed by atoms with Gasteiger partial charge >= 0.3 is 0 Å². The van der Waals surface area contributed by atoms with E-state index in [1.807, 2.05) is 50.2 Å². The Morgan fingerprint density at radius 1 is 1.04 bits per heavy atom. The van der Waals surface area contributed by atoms with Crippen LogP contribution in [0.25, 0.3) is 5.69 Å². The number of para-hydroxylation sites is 1. The van der Waals surface area contributed by atoms with Gasteiger partial charge in [-0.25, -0.2) is 5.43 Å². The lowest BCUT2D eigenvalue weighted by Gasteiger charge is -2.09. The lowest BCUT2D eigenvalue weighted by atomic mass is 10.2. The summed E-state index contributed by atoms with van der Waals surface area (Å²) in [5.41, 5.74) is 7.64. The third kappa shape index (κ3) is 3.58. The van der Waals surface area contributed by atoms with Crippen LogP contribution >= 0.6 is 0 Å². The molecule has 2 aromatic rings. The fourth-order valence-corrected chi connectivity index (χ4v) is 3.41. The summed E-state index contributed by atoms with van der Waals surface area (Å²) in [7, 11) is 0. The first-order valence-electron chi connectivity index (χ1n) is 8.77. The number of nitrogens with one attached hydrogen (secondary N) is 1. The normalized spacial score (nSPS) is 15.0. The van der Waals surface area contributed by atoms with Gasteiger partial charge in [0.1, 0.15) is 0 Å². The highest BCUT2D eigenvalue weighted by molar-refractivity contribution is 5.97. The molecule has 1 aromatic carbocycles. The van der Waals surface area contributed by atoms with Crippen LogP contribution in [-0.4, -0.2) is 16.2 Å². The molecular weight excluding hydrogens is 298 g/mol. The van der Waals surface area contributed by atoms with Gasteiger partial charge in [0, 0.05) is 22.8 Å². The lowest BCUT2D eigenvalue weighted by Crippen LogP contribution is -2.20. The highest BCUT2D eigenvalue weighted by atomic mass is 16.2. The van der Waals surface area contributed by atoms with Gasteiger partial charge in [0.05, 0.1) is 5.56 Å². The van der Waals surface area contributed by atoms with Crippen molar-refractivity contribution in [2.45, 2.75) is 52.4 Å². The topological polar surface area (TPSA) is 46.4 Å². The van der Waals surface area contributed by atoms with Gasteiger partial charge < -0.3 is 4.57 Å². The van der Waals surface area contributed by atoms with E-state index in [-0.39, 0.29) is 5.91 Å². The van der Waals surface area contributed by atoms with Crippen LogP contribution in [0.4, 0.5) is 0 Å². The predicted molar refractivity (Wildman–Crippen MR) is 97.8 cm³/mol. The lowest BCUT2D eigenvalue weighted by molar-refractivity contribution is 0.0954. The van der Waals surface area contributed by atoms with Gasteiger partial charge in [-0.1, -0.05) is 31.0 Å². The van der Waals surface area contributed by atoms with Gasteiger partial charge in [0.25, 0.3) is 5.91 Å². The van der Waals surface area contributed by atoms with Crippen LogP contribution in [0.2, 0.25) is 0 Å². The van der Waals surface area contributed by atoms with Crippen molar-refractivity contribution in [2.75, 3.05) is 0 Å². The van der Waals surface area contributed by atoms with Crippen molar-refractivity contribution < 1.29 is 4.79 Å². The summed E-state index contributed by atoms with van der Waals surface area (Å²) in [5.74, 6) is -0.123. The third-order valence-electron chi connectivity index (χ3n) is 4.69. The number of aromatic nitrogens is 1. The van der Waals surface area contributed by atoms with Crippen LogP contribution in [0, 0.1) is 13.8 Å². The fraction of sp³-hybridized carbons (Fsp3) is 0.400. The second-order valence-electron chi connectivity index (χ2n) is 6.49. The Bertz CT molecular complexity index is 734. The number of hydrogen-bond donors (Lipinski definition) is 1. The van der Waals surface area contributed by atoms with E-state index in [4.69, 9.17) is 0 Å². The molecule has 0 aliphatic heterocycles. The summed E-state index contributed by atoms with van der Waals surface area (Å²) in [6, 6.07) is 12.0. The molecule has 1 aliphatic carbocycles. The number of hydrogen-bond acceptors (Lipinski definition) is 2. The molecule has 1 saturated carbocycles. The third-order valence-corrected chi connectivity index (χ3v) is 4.69. The van der Waals surface area contributed by atoms with Crippen LogP contribution in [-0.2, 0) is 0 Å². The quantitative estimate of drug-likeness (QED) is 0.654. The number of amides is 1. The molecule has 0 unspecified atom stereocenters. The van der Waals surface area contributed by atoms with E-state index in [1.54, 1.807) is 0 Å². The molecule has 0 bridgehead atoms. The summed E-state index contributed by atoms with van der Waals surface area (Å²) in [6.07, 6.45) is 6.90. The molecule has 3 rings (SSSR count). The molecule has 0 spiro atoms. The van der Waals surface area contributed by atoms with Gasteiger partial charge in [-0.3, -0.25) is 4.79 Å². The smallest absolute Gasteiger partial charge is 0.273 e. The van der Waals surface area contributed by atoms with Crippen LogP contribution in [0.5, 0.6) is 0 Å². The summed E-state index contributed by atoms with van der Waals surface area (Å²) in [5, 5.41) is 4.38. The maximum Gasteiger partial charge on any atom is 0.273 e. The molecule has 4 heteroatoms. The minimum absolute atomic E-state index is 0.123. The SMILES string of the molecule is Cc1cc(C(=O)NN=C2CCCCCC2)c(C)n1-c1ccccc1. The molecule has 4 nitrogen and oxygen atoms in total. The summed E-state index contributed by atoms with van der Waals surface area (Å²) >= 11 is 0. The zero-order valence-electron chi connectivity index (χ0n) is 14.5. The molecule has 126 valence electrons. The van der Waals surface area contributed by atoms with Crippen LogP contribution in [0.1, 0.15) is 60.3 Å². The molecule has 1 fully saturated rings. The minimum atomic E-state index is -0.123. The Morgan fingerprint density at radius 3 is 2.38 bits per heavy atom. The zero-order chi connectivity index (χ0) is 16.9. The second kappa shape index (κ2) is 7.47. The predicted octanol–water partition coefficient (Wildman–Crippen LogP) is 4.53. The maximum absolute atomic E-state index is 12.6. The molecular formula is C20H25N3O. The van der Waals surface area contributed by atoms with E-state index in [1.165, 1.54) is 25.7 Å². The number of nitrogens with zero attached hydrogens (tertiary/aromatic N) is 2. The number of carbonyl (C=O) groups excluding carboxylic acids is 1. The van der Waals surface area contributed by atoms with Gasteiger partial charge in [-0.15, -0.1) is 0 Å². The van der Waals surface area contributed by atoms with E-state index < -0.39 is 0 Å². The minimum Gasteiger partial charge on any atom is -0.318 e. The van der Waals surface area contributed by atoms with Crippen LogP contribution in [0.3, 0.4) is 0 Å². The fourth-order valence-electron chi connectivity index (χ4n) is 3.41. The van der Waals surface area contributed by atoms with Crippen LogP contribution in [0.15, 0.2) is 41.5 Å². The molecule has 0 atom stereocenters. The van der Waals surface area contributed by atoms with Crippen molar-refractivity contribution in [3.63, 3.8) is 0 Å². The average Bonchev–Trinajstić information content (AvgIpc) is 2.78. The van der Waals surface area contributed by atoms with E-state index in [9.17, 15) is 4.79 Å². The standard InChI is InChI=1S/C20H25N3O/c1-15-14-19(16(2)23(15)18-12-8-5-9-13-18)20(24)22-21-17-10-6-3-4-7-11-17/h5,8-9,12-14H,3-4,6-7,10-11H2,1-2H3,(H,22,24). The van der Waals surface area contributed by atoms with E-state index in [2.05, 4.69) is 15.1 Å². The number of carbonyl (C=O) groups is 1. The summed E-state index contributed by atoms with van der Waals surface area (Å²) in [6.45, 7) is 4.00. The van der Waals surface area contributed by atoms with E-state index >= 15 is 0 Å². The Balaban J connectivity index is 1.80. The van der Waals surface area contributed by atoms with Crippen molar-refractivity contribution in [3.05, 3.63) is 53.3 Å². The number of benzene rings is 1. The monoisotopic (exact) mass is 323 g/mol. The van der Waals surface area contributed by atoms with Crippen molar-refractivity contribution >= 4 is 11.6 Å². The summed E-state index contributed by atoms with van der Waals surface area (Å²) in [4.78, 5) is 12.6. The summed E-state index contributed by atoms with van der Waals surface area (Å²) < 4.78 is 2.10. The van der Waals surface area contributed by atoms with Crippen LogP contribution < -0.4 is 5.43 Å². The molecule has 0 radical (unpaired) electrons. The largest absolute Gasteiger partial charge is 0.318 e. The second-order valence-corrected chi connectivity index (χ2v) is 6.49. The molecule has 24 heavy (non-hydrogen) atoms. The Kier molecular flexibility index (Phi) is 5.14. The Hall–Kier alpha value is -2.36. The highest BCUT2D eigenvalue weighted by Crippen LogP contribution is 2.21.